The van der Waals surface area contributed by atoms with Gasteiger partial charge in [-0.15, -0.1) is 0 Å². The van der Waals surface area contributed by atoms with Gasteiger partial charge in [-0.2, -0.15) is 0 Å². The molecule has 3 rings (SSSR count). The number of benzene rings is 2. The number of hydrogen-bond donors (Lipinski definition) is 5. The van der Waals surface area contributed by atoms with Crippen LogP contribution in [-0.2, 0) is 32.2 Å². The molecule has 206 valence electrons. The lowest BCUT2D eigenvalue weighted by atomic mass is 10.0. The molecule has 1 heterocycles. The molecule has 1 aromatic heterocycles. The number of hydrogen-bond acceptors (Lipinski definition) is 6. The zero-order valence-electron chi connectivity index (χ0n) is 22.0. The molecule has 0 spiro atoms. The van der Waals surface area contributed by atoms with E-state index in [4.69, 9.17) is 15.5 Å². The molecular formula is C29H40N4O5. The Morgan fingerprint density at radius 3 is 2.50 bits per heavy atom. The lowest BCUT2D eigenvalue weighted by Gasteiger charge is -2.26. The topological polar surface area (TPSA) is 139 Å². The minimum absolute atomic E-state index is 0.172. The summed E-state index contributed by atoms with van der Waals surface area (Å²) in [5.74, 6) is -1.43. The van der Waals surface area contributed by atoms with E-state index in [0.29, 0.717) is 19.6 Å². The van der Waals surface area contributed by atoms with Crippen LogP contribution in [0, 0.1) is 0 Å². The lowest BCUT2D eigenvalue weighted by Crippen LogP contribution is -2.54. The zero-order chi connectivity index (χ0) is 27.2. The fourth-order valence-electron chi connectivity index (χ4n) is 4.47. The summed E-state index contributed by atoms with van der Waals surface area (Å²) in [6.07, 6.45) is 5.52. The second-order valence-electron chi connectivity index (χ2n) is 9.38. The molecular weight excluding hydrogens is 484 g/mol. The first kappa shape index (κ1) is 29.3. The Hall–Kier alpha value is -3.24. The van der Waals surface area contributed by atoms with Crippen molar-refractivity contribution < 1.29 is 24.5 Å². The highest BCUT2D eigenvalue weighted by Gasteiger charge is 2.28. The van der Waals surface area contributed by atoms with Gasteiger partial charge in [0.25, 0.3) is 0 Å². The van der Waals surface area contributed by atoms with E-state index in [0.717, 1.165) is 42.1 Å². The van der Waals surface area contributed by atoms with Crippen molar-refractivity contribution in [3.05, 3.63) is 71.9 Å². The predicted molar refractivity (Wildman–Crippen MR) is 148 cm³/mol. The largest absolute Gasteiger partial charge is 0.480 e. The summed E-state index contributed by atoms with van der Waals surface area (Å²) in [6.45, 7) is 3.05. The van der Waals surface area contributed by atoms with Crippen LogP contribution in [0.4, 0.5) is 0 Å². The number of carbonyl (C=O) groups excluding carboxylic acids is 1. The van der Waals surface area contributed by atoms with Gasteiger partial charge >= 0.3 is 5.97 Å². The molecule has 0 fully saturated rings. The number of rotatable bonds is 18. The molecule has 0 aliphatic heterocycles. The van der Waals surface area contributed by atoms with Crippen molar-refractivity contribution >= 4 is 22.8 Å². The molecule has 0 bridgehead atoms. The number of amides is 1. The van der Waals surface area contributed by atoms with Crippen LogP contribution in [-0.4, -0.2) is 59.9 Å². The van der Waals surface area contributed by atoms with Gasteiger partial charge in [-0.1, -0.05) is 55.0 Å². The molecule has 9 nitrogen and oxygen atoms in total. The minimum atomic E-state index is -1.08. The van der Waals surface area contributed by atoms with Crippen molar-refractivity contribution in [1.29, 1.82) is 0 Å². The lowest BCUT2D eigenvalue weighted by molar-refractivity contribution is -0.294. The fourth-order valence-corrected chi connectivity index (χ4v) is 4.47. The van der Waals surface area contributed by atoms with Gasteiger partial charge in [-0.05, 0) is 56.3 Å². The number of aryl methyl sites for hydroxylation is 1. The number of carbonyl (C=O) groups is 2. The Labute approximate surface area is 224 Å². The number of aliphatic carboxylic acids is 1. The Bertz CT molecular complexity index is 1120. The highest BCUT2D eigenvalue weighted by Crippen LogP contribution is 2.19. The maximum absolute atomic E-state index is 13.4. The van der Waals surface area contributed by atoms with Gasteiger partial charge in [0.2, 0.25) is 5.91 Å². The van der Waals surface area contributed by atoms with Crippen LogP contribution >= 0.6 is 0 Å². The number of carboxylic acid groups (broad SMARTS) is 1. The number of fused-ring (bicyclic) bond motifs is 1. The van der Waals surface area contributed by atoms with Crippen molar-refractivity contribution in [2.75, 3.05) is 19.8 Å². The second kappa shape index (κ2) is 15.9. The fraction of sp³-hybridized carbons (Fsp3) is 0.448. The maximum atomic E-state index is 13.4. The summed E-state index contributed by atoms with van der Waals surface area (Å²) in [5, 5.41) is 17.1. The van der Waals surface area contributed by atoms with Crippen LogP contribution < -0.4 is 16.4 Å². The van der Waals surface area contributed by atoms with Gasteiger partial charge in [0.1, 0.15) is 6.04 Å². The Kier molecular flexibility index (Phi) is 12.3. The first-order chi connectivity index (χ1) is 18.5. The molecule has 6 N–H and O–H groups in total. The average molecular weight is 525 g/mol. The Morgan fingerprint density at radius 2 is 1.76 bits per heavy atom. The molecule has 0 saturated carbocycles. The monoisotopic (exact) mass is 524 g/mol. The number of nitrogens with two attached hydrogens (primary N) is 1. The highest BCUT2D eigenvalue weighted by molar-refractivity contribution is 5.88. The molecule has 0 aliphatic carbocycles. The van der Waals surface area contributed by atoms with Crippen molar-refractivity contribution in [2.45, 2.75) is 63.6 Å². The molecule has 2 aromatic carbocycles. The van der Waals surface area contributed by atoms with E-state index in [1.165, 1.54) is 5.56 Å². The molecule has 3 aromatic rings. The Balaban J connectivity index is 1.70. The van der Waals surface area contributed by atoms with Gasteiger partial charge in [-0.25, -0.2) is 14.6 Å². The molecule has 1 unspecified atom stereocenters. The average Bonchev–Trinajstić information content (AvgIpc) is 3.34. The van der Waals surface area contributed by atoms with Crippen molar-refractivity contribution in [2.24, 2.45) is 5.73 Å². The Morgan fingerprint density at radius 1 is 1.00 bits per heavy atom. The van der Waals surface area contributed by atoms with Crippen molar-refractivity contribution in [3.63, 3.8) is 0 Å². The number of aromatic amines is 1. The summed E-state index contributed by atoms with van der Waals surface area (Å²) in [6, 6.07) is 16.0. The van der Waals surface area contributed by atoms with Crippen molar-refractivity contribution in [3.8, 4) is 0 Å². The highest BCUT2D eigenvalue weighted by atomic mass is 17.2. The number of unbranched alkanes of at least 4 members (excludes halogenated alkanes) is 1. The third kappa shape index (κ3) is 9.25. The summed E-state index contributed by atoms with van der Waals surface area (Å²) in [5.41, 5.74) is 8.64. The van der Waals surface area contributed by atoms with Gasteiger partial charge in [0.15, 0.2) is 0 Å². The van der Waals surface area contributed by atoms with E-state index >= 15 is 0 Å². The van der Waals surface area contributed by atoms with E-state index in [1.807, 2.05) is 49.4 Å². The van der Waals surface area contributed by atoms with Gasteiger partial charge in [-0.3, -0.25) is 4.79 Å². The van der Waals surface area contributed by atoms with Gasteiger partial charge in [0.05, 0.1) is 19.3 Å². The SMILES string of the molecule is CCOOCC(CCc1ccccc1)N[C@@H](CCCCN)C(=O)N[C@@H](Cc1c[nH]c2ccccc12)C(=O)O. The smallest absolute Gasteiger partial charge is 0.326 e. The third-order valence-electron chi connectivity index (χ3n) is 6.51. The molecule has 0 saturated heterocycles. The molecule has 0 aliphatic rings. The predicted octanol–water partition coefficient (Wildman–Crippen LogP) is 3.34. The summed E-state index contributed by atoms with van der Waals surface area (Å²) >= 11 is 0. The van der Waals surface area contributed by atoms with Crippen LogP contribution in [0.1, 0.15) is 43.7 Å². The second-order valence-corrected chi connectivity index (χ2v) is 9.38. The molecule has 0 radical (unpaired) electrons. The van der Waals surface area contributed by atoms with Gasteiger partial charge in [0, 0.05) is 29.6 Å². The number of aromatic nitrogens is 1. The number of carboxylic acids is 1. The number of nitrogens with one attached hydrogen (secondary N) is 3. The van der Waals surface area contributed by atoms with Crippen LogP contribution in [0.3, 0.4) is 0 Å². The maximum Gasteiger partial charge on any atom is 0.326 e. The number of para-hydroxylation sites is 1. The van der Waals surface area contributed by atoms with E-state index in [-0.39, 0.29) is 25.0 Å². The molecule has 3 atom stereocenters. The number of H-pyrrole nitrogens is 1. The minimum Gasteiger partial charge on any atom is -0.480 e. The summed E-state index contributed by atoms with van der Waals surface area (Å²) in [4.78, 5) is 39.2. The van der Waals surface area contributed by atoms with E-state index in [2.05, 4.69) is 27.8 Å². The zero-order valence-corrected chi connectivity index (χ0v) is 22.0. The van der Waals surface area contributed by atoms with Crippen molar-refractivity contribution in [1.82, 2.24) is 15.6 Å². The quantitative estimate of drug-likeness (QED) is 0.0977. The summed E-state index contributed by atoms with van der Waals surface area (Å²) in [7, 11) is 0. The van der Waals surface area contributed by atoms with Crippen LogP contribution in [0.2, 0.25) is 0 Å². The standard InChI is InChI=1S/C29H40N4O5/c1-2-37-38-20-23(16-15-21-10-4-3-5-11-21)32-26(14-8-9-17-30)28(34)33-27(29(35)36)18-22-19-31-25-13-7-6-12-24(22)25/h3-7,10-13,19,23,26-27,31-32H,2,8-9,14-18,20,30H2,1H3,(H,33,34)(H,35,36)/t23?,26-,27-/m0/s1. The van der Waals surface area contributed by atoms with E-state index in [1.54, 1.807) is 6.20 Å². The van der Waals surface area contributed by atoms with Crippen LogP contribution in [0.5, 0.6) is 0 Å². The first-order valence-corrected chi connectivity index (χ1v) is 13.3. The van der Waals surface area contributed by atoms with Gasteiger partial charge < -0.3 is 26.5 Å². The molecule has 1 amide bonds. The molecule has 38 heavy (non-hydrogen) atoms. The van der Waals surface area contributed by atoms with E-state index in [9.17, 15) is 14.7 Å². The first-order valence-electron chi connectivity index (χ1n) is 13.3. The van der Waals surface area contributed by atoms with Crippen LogP contribution in [0.15, 0.2) is 60.8 Å². The normalized spacial score (nSPS) is 13.7. The van der Waals surface area contributed by atoms with E-state index < -0.39 is 18.1 Å². The third-order valence-corrected chi connectivity index (χ3v) is 6.51. The molecule has 9 heteroatoms. The summed E-state index contributed by atoms with van der Waals surface area (Å²) < 4.78 is 0. The van der Waals surface area contributed by atoms with Crippen LogP contribution in [0.25, 0.3) is 10.9 Å².